The molecule has 1 aromatic rings. The van der Waals surface area contributed by atoms with Crippen LogP contribution in [0.5, 0.6) is 0 Å². The summed E-state index contributed by atoms with van der Waals surface area (Å²) in [5.74, 6) is 0.212. The quantitative estimate of drug-likeness (QED) is 0.530. The maximum Gasteiger partial charge on any atom is 0.529 e. The van der Waals surface area contributed by atoms with Crippen molar-refractivity contribution in [3.8, 4) is 0 Å². The third-order valence-electron chi connectivity index (χ3n) is 1.95. The molecule has 0 aliphatic carbocycles. The smallest absolute Gasteiger partial charge is 0.403 e. The molecule has 4 nitrogen and oxygen atoms in total. The Balaban J connectivity index is 3.09. The van der Waals surface area contributed by atoms with E-state index < -0.39 is 7.82 Å². The molecule has 0 bridgehead atoms. The van der Waals surface area contributed by atoms with Crippen molar-refractivity contribution in [1.82, 2.24) is 0 Å². The van der Waals surface area contributed by atoms with E-state index >= 15 is 0 Å². The molecule has 0 N–H and O–H groups in total. The van der Waals surface area contributed by atoms with Crippen LogP contribution in [0.3, 0.4) is 0 Å². The second kappa shape index (κ2) is 6.94. The van der Waals surface area contributed by atoms with Gasteiger partial charge >= 0.3 is 7.82 Å². The van der Waals surface area contributed by atoms with E-state index in [2.05, 4.69) is 25.0 Å². The summed E-state index contributed by atoms with van der Waals surface area (Å²) in [6.45, 7) is 0. The lowest BCUT2D eigenvalue weighted by molar-refractivity contribution is 0.201. The average molecular weight is 376 g/mol. The Labute approximate surface area is 124 Å². The monoisotopic (exact) mass is 374 g/mol. The molecule has 0 radical (unpaired) electrons. The van der Waals surface area contributed by atoms with Crippen LogP contribution in [-0.4, -0.2) is 14.2 Å². The zero-order valence-corrected chi connectivity index (χ0v) is 13.5. The van der Waals surface area contributed by atoms with Crippen LogP contribution in [0.1, 0.15) is 5.56 Å². The minimum Gasteiger partial charge on any atom is -0.403 e. The molecule has 0 amide bonds. The highest BCUT2D eigenvalue weighted by molar-refractivity contribution is 9.11. The number of benzene rings is 1. The molecule has 0 saturated carbocycles. The summed E-state index contributed by atoms with van der Waals surface area (Å²) in [5, 5.41) is 0.839. The topological polar surface area (TPSA) is 44.8 Å². The molecule has 18 heavy (non-hydrogen) atoms. The van der Waals surface area contributed by atoms with E-state index in [4.69, 9.17) is 27.7 Å². The highest BCUT2D eigenvalue weighted by Crippen LogP contribution is 2.52. The van der Waals surface area contributed by atoms with E-state index in [1.54, 1.807) is 18.2 Å². The second-order valence-corrected chi connectivity index (χ2v) is 6.11. The fourth-order valence-electron chi connectivity index (χ4n) is 1.09. The lowest BCUT2D eigenvalue weighted by Gasteiger charge is -2.17. The molecule has 0 aliphatic heterocycles. The minimum atomic E-state index is -3.64. The Kier molecular flexibility index (Phi) is 6.18. The third kappa shape index (κ3) is 3.98. The van der Waals surface area contributed by atoms with E-state index in [1.807, 2.05) is 0 Å². The molecule has 0 spiro atoms. The van der Waals surface area contributed by atoms with Crippen molar-refractivity contribution in [3.05, 3.63) is 38.8 Å². The molecular weight excluding hydrogens is 366 g/mol. The van der Waals surface area contributed by atoms with Crippen molar-refractivity contribution in [2.24, 2.45) is 0 Å². The second-order valence-electron chi connectivity index (χ2n) is 3.00. The summed E-state index contributed by atoms with van der Waals surface area (Å²) < 4.78 is 26.4. The van der Waals surface area contributed by atoms with E-state index in [9.17, 15) is 4.57 Å². The first-order valence-corrected chi connectivity index (χ1v) is 7.76. The van der Waals surface area contributed by atoms with Gasteiger partial charge in [0.25, 0.3) is 0 Å². The van der Waals surface area contributed by atoms with Gasteiger partial charge in [0.1, 0.15) is 5.76 Å². The maximum absolute atomic E-state index is 11.9. The van der Waals surface area contributed by atoms with Gasteiger partial charge in [0, 0.05) is 29.8 Å². The van der Waals surface area contributed by atoms with Crippen molar-refractivity contribution in [1.29, 1.82) is 0 Å². The van der Waals surface area contributed by atoms with Crippen LogP contribution >= 0.6 is 47.0 Å². The minimum absolute atomic E-state index is 0.212. The normalized spacial score (nSPS) is 12.6. The molecular formula is C10H10BrCl2O4P. The molecule has 0 saturated heterocycles. The maximum atomic E-state index is 11.9. The zero-order chi connectivity index (χ0) is 13.8. The summed E-state index contributed by atoms with van der Waals surface area (Å²) in [6, 6.07) is 4.81. The Morgan fingerprint density at radius 2 is 1.94 bits per heavy atom. The molecule has 0 atom stereocenters. The van der Waals surface area contributed by atoms with Gasteiger partial charge in [0.2, 0.25) is 0 Å². The Morgan fingerprint density at radius 3 is 2.39 bits per heavy atom. The first kappa shape index (κ1) is 16.0. The summed E-state index contributed by atoms with van der Waals surface area (Å²) in [7, 11) is -1.20. The highest BCUT2D eigenvalue weighted by atomic mass is 79.9. The molecule has 0 fully saturated rings. The van der Waals surface area contributed by atoms with Gasteiger partial charge in [-0.15, -0.1) is 0 Å². The number of phosphoric acid groups is 1. The van der Waals surface area contributed by atoms with E-state index in [0.29, 0.717) is 15.6 Å². The van der Waals surface area contributed by atoms with Crippen LogP contribution in [0.25, 0.3) is 5.76 Å². The molecule has 1 aromatic carbocycles. The number of hydrogen-bond acceptors (Lipinski definition) is 4. The Morgan fingerprint density at radius 1 is 1.33 bits per heavy atom. The fourth-order valence-corrected chi connectivity index (χ4v) is 2.76. The van der Waals surface area contributed by atoms with Crippen molar-refractivity contribution >= 4 is 52.7 Å². The molecule has 0 aliphatic rings. The van der Waals surface area contributed by atoms with Crippen LogP contribution in [0.4, 0.5) is 0 Å². The van der Waals surface area contributed by atoms with Gasteiger partial charge < -0.3 is 4.52 Å². The van der Waals surface area contributed by atoms with E-state index in [0.717, 1.165) is 0 Å². The summed E-state index contributed by atoms with van der Waals surface area (Å²) in [6.07, 6.45) is 0. The van der Waals surface area contributed by atoms with Gasteiger partial charge in [-0.1, -0.05) is 39.1 Å². The first-order chi connectivity index (χ1) is 8.45. The lowest BCUT2D eigenvalue weighted by Crippen LogP contribution is -1.95. The zero-order valence-electron chi connectivity index (χ0n) is 9.52. The largest absolute Gasteiger partial charge is 0.529 e. The SMILES string of the molecule is COP(=O)(OC)O/C(=C/Br)c1ccc(Cl)cc1Cl. The number of halogens is 3. The van der Waals surface area contributed by atoms with Crippen LogP contribution in [0.15, 0.2) is 23.2 Å². The van der Waals surface area contributed by atoms with Crippen LogP contribution < -0.4 is 0 Å². The van der Waals surface area contributed by atoms with Crippen molar-refractivity contribution in [3.63, 3.8) is 0 Å². The van der Waals surface area contributed by atoms with Crippen LogP contribution in [0.2, 0.25) is 10.0 Å². The van der Waals surface area contributed by atoms with Gasteiger partial charge in [-0.2, -0.15) is 0 Å². The van der Waals surface area contributed by atoms with Crippen LogP contribution in [0, 0.1) is 0 Å². The van der Waals surface area contributed by atoms with Crippen molar-refractivity contribution < 1.29 is 18.1 Å². The van der Waals surface area contributed by atoms with Crippen molar-refractivity contribution in [2.75, 3.05) is 14.2 Å². The summed E-state index contributed by atoms with van der Waals surface area (Å²) >= 11 is 14.9. The van der Waals surface area contributed by atoms with E-state index in [-0.39, 0.29) is 5.76 Å². The molecule has 0 heterocycles. The molecule has 100 valence electrons. The Hall–Kier alpha value is -0.0300. The van der Waals surface area contributed by atoms with Gasteiger partial charge in [-0.25, -0.2) is 4.57 Å². The highest BCUT2D eigenvalue weighted by Gasteiger charge is 2.27. The predicted octanol–water partition coefficient (Wildman–Crippen LogP) is 5.10. The van der Waals surface area contributed by atoms with Crippen LogP contribution in [-0.2, 0) is 18.1 Å². The van der Waals surface area contributed by atoms with Gasteiger partial charge in [0.05, 0.1) is 5.02 Å². The summed E-state index contributed by atoms with van der Waals surface area (Å²) in [5.41, 5.74) is 0.507. The van der Waals surface area contributed by atoms with Gasteiger partial charge in [-0.05, 0) is 18.2 Å². The third-order valence-corrected chi connectivity index (χ3v) is 4.23. The fraction of sp³-hybridized carbons (Fsp3) is 0.200. The number of hydrogen-bond donors (Lipinski definition) is 0. The molecule has 0 unspecified atom stereocenters. The first-order valence-electron chi connectivity index (χ1n) is 4.62. The number of rotatable bonds is 5. The van der Waals surface area contributed by atoms with Crippen molar-refractivity contribution in [2.45, 2.75) is 0 Å². The van der Waals surface area contributed by atoms with Gasteiger partial charge in [-0.3, -0.25) is 9.05 Å². The van der Waals surface area contributed by atoms with Gasteiger partial charge in [0.15, 0.2) is 0 Å². The molecule has 1 rings (SSSR count). The summed E-state index contributed by atoms with van der Waals surface area (Å²) in [4.78, 5) is 1.42. The lowest BCUT2D eigenvalue weighted by atomic mass is 10.2. The molecule has 8 heteroatoms. The molecule has 0 aromatic heterocycles. The standard InChI is InChI=1S/C10H10BrCl2O4P/c1-15-18(14,16-2)17-10(6-11)8-4-3-7(12)5-9(8)13/h3-6H,1-2H3/b10-6+. The number of phosphoric ester groups is 1. The van der Waals surface area contributed by atoms with E-state index in [1.165, 1.54) is 19.2 Å². The Bertz CT molecular complexity index is 499. The average Bonchev–Trinajstić information content (AvgIpc) is 2.36. The predicted molar refractivity (Wildman–Crippen MR) is 76.1 cm³/mol.